The molecule has 0 unspecified atom stereocenters. The van der Waals surface area contributed by atoms with Crippen LogP contribution >= 0.6 is 0 Å². The first-order valence-electron chi connectivity index (χ1n) is 10.4. The number of ether oxygens (including phenoxy) is 4. The van der Waals surface area contributed by atoms with Gasteiger partial charge in [-0.3, -0.25) is 9.59 Å². The Bertz CT molecular complexity index is 931. The summed E-state index contributed by atoms with van der Waals surface area (Å²) in [4.78, 5) is 28.0. The summed E-state index contributed by atoms with van der Waals surface area (Å²) in [6, 6.07) is 12.5. The first kappa shape index (κ1) is 23.4. The van der Waals surface area contributed by atoms with Gasteiger partial charge < -0.3 is 29.2 Å². The molecule has 0 bridgehead atoms. The third-order valence-electron chi connectivity index (χ3n) is 5.72. The van der Waals surface area contributed by atoms with E-state index in [0.717, 1.165) is 5.56 Å². The highest BCUT2D eigenvalue weighted by Crippen LogP contribution is 2.40. The van der Waals surface area contributed by atoms with E-state index in [1.807, 2.05) is 18.2 Å². The Morgan fingerprint density at radius 3 is 2.25 bits per heavy atom. The Hall–Kier alpha value is -3.26. The SMILES string of the molecule is COCCNC(=O)[C@H]1CN(C(=O)c2ccc(OC)cc2)C[C@H]1c1cc(OC)ccc1OC. The third-order valence-corrected chi connectivity index (χ3v) is 5.72. The number of benzene rings is 2. The first-order chi connectivity index (χ1) is 15.5. The lowest BCUT2D eigenvalue weighted by atomic mass is 9.87. The monoisotopic (exact) mass is 442 g/mol. The van der Waals surface area contributed by atoms with Gasteiger partial charge in [0.25, 0.3) is 5.91 Å². The van der Waals surface area contributed by atoms with Crippen LogP contribution in [-0.4, -0.2) is 71.4 Å². The molecular formula is C24H30N2O6. The van der Waals surface area contributed by atoms with Crippen LogP contribution in [0.2, 0.25) is 0 Å². The molecular weight excluding hydrogens is 412 g/mol. The second kappa shape index (κ2) is 10.9. The summed E-state index contributed by atoms with van der Waals surface area (Å²) >= 11 is 0. The van der Waals surface area contributed by atoms with Crippen LogP contribution < -0.4 is 19.5 Å². The zero-order valence-electron chi connectivity index (χ0n) is 18.9. The van der Waals surface area contributed by atoms with Gasteiger partial charge in [0.1, 0.15) is 17.2 Å². The van der Waals surface area contributed by atoms with Crippen LogP contribution in [0.4, 0.5) is 0 Å². The molecule has 1 N–H and O–H groups in total. The second-order valence-electron chi connectivity index (χ2n) is 7.54. The Kier molecular flexibility index (Phi) is 7.94. The number of amides is 2. The molecule has 0 radical (unpaired) electrons. The van der Waals surface area contributed by atoms with E-state index in [9.17, 15) is 9.59 Å². The number of methoxy groups -OCH3 is 4. The van der Waals surface area contributed by atoms with Crippen molar-refractivity contribution in [2.75, 3.05) is 54.7 Å². The topological polar surface area (TPSA) is 86.3 Å². The van der Waals surface area contributed by atoms with Crippen molar-refractivity contribution in [1.29, 1.82) is 0 Å². The molecule has 0 saturated carbocycles. The minimum Gasteiger partial charge on any atom is -0.497 e. The third kappa shape index (κ3) is 5.13. The normalized spacial score (nSPS) is 17.7. The Labute approximate surface area is 188 Å². The zero-order chi connectivity index (χ0) is 23.1. The van der Waals surface area contributed by atoms with Crippen LogP contribution in [0.5, 0.6) is 17.2 Å². The van der Waals surface area contributed by atoms with E-state index >= 15 is 0 Å². The number of rotatable bonds is 9. The molecule has 2 amide bonds. The average molecular weight is 443 g/mol. The van der Waals surface area contributed by atoms with E-state index in [0.29, 0.717) is 49.1 Å². The molecule has 0 spiro atoms. The molecule has 3 rings (SSSR count). The van der Waals surface area contributed by atoms with Crippen LogP contribution in [0.15, 0.2) is 42.5 Å². The Morgan fingerprint density at radius 2 is 1.62 bits per heavy atom. The molecule has 2 atom stereocenters. The van der Waals surface area contributed by atoms with Crippen molar-refractivity contribution in [3.63, 3.8) is 0 Å². The van der Waals surface area contributed by atoms with Gasteiger partial charge in [-0.25, -0.2) is 0 Å². The average Bonchev–Trinajstić information content (AvgIpc) is 3.28. The van der Waals surface area contributed by atoms with Gasteiger partial charge in [0.05, 0.1) is 33.9 Å². The molecule has 1 saturated heterocycles. The summed E-state index contributed by atoms with van der Waals surface area (Å²) in [5.74, 6) is 1.06. The van der Waals surface area contributed by atoms with Gasteiger partial charge in [-0.1, -0.05) is 0 Å². The highest BCUT2D eigenvalue weighted by Gasteiger charge is 2.41. The number of nitrogens with zero attached hydrogens (tertiary/aromatic N) is 1. The van der Waals surface area contributed by atoms with E-state index < -0.39 is 5.92 Å². The number of likely N-dealkylation sites (tertiary alicyclic amines) is 1. The lowest BCUT2D eigenvalue weighted by Gasteiger charge is -2.21. The van der Waals surface area contributed by atoms with E-state index in [1.54, 1.807) is 57.6 Å². The van der Waals surface area contributed by atoms with E-state index in [4.69, 9.17) is 18.9 Å². The number of hydrogen-bond acceptors (Lipinski definition) is 6. The largest absolute Gasteiger partial charge is 0.497 e. The highest BCUT2D eigenvalue weighted by molar-refractivity contribution is 5.95. The Balaban J connectivity index is 1.90. The van der Waals surface area contributed by atoms with Gasteiger partial charge in [0.2, 0.25) is 5.91 Å². The van der Waals surface area contributed by atoms with Gasteiger partial charge in [0.15, 0.2) is 0 Å². The second-order valence-corrected chi connectivity index (χ2v) is 7.54. The number of carbonyl (C=O) groups is 2. The zero-order valence-corrected chi connectivity index (χ0v) is 18.9. The van der Waals surface area contributed by atoms with Crippen LogP contribution in [0.3, 0.4) is 0 Å². The molecule has 32 heavy (non-hydrogen) atoms. The standard InChI is InChI=1S/C24H30N2O6/c1-29-12-11-25-23(27)21-15-26(24(28)16-5-7-17(30-2)8-6-16)14-20(21)19-13-18(31-3)9-10-22(19)32-4/h5-10,13,20-21H,11-12,14-15H2,1-4H3,(H,25,27)/t20-,21-/m0/s1. The summed E-state index contributed by atoms with van der Waals surface area (Å²) < 4.78 is 21.2. The molecule has 172 valence electrons. The fourth-order valence-electron chi connectivity index (χ4n) is 4.00. The predicted octanol–water partition coefficient (Wildman–Crippen LogP) is 2.33. The van der Waals surface area contributed by atoms with Crippen molar-refractivity contribution in [2.45, 2.75) is 5.92 Å². The summed E-state index contributed by atoms with van der Waals surface area (Å²) in [5, 5.41) is 2.92. The molecule has 2 aromatic carbocycles. The van der Waals surface area contributed by atoms with Crippen LogP contribution in [0.1, 0.15) is 21.8 Å². The molecule has 0 aliphatic carbocycles. The summed E-state index contributed by atoms with van der Waals surface area (Å²) in [6.07, 6.45) is 0. The molecule has 8 nitrogen and oxygen atoms in total. The summed E-state index contributed by atoms with van der Waals surface area (Å²) in [7, 11) is 6.35. The van der Waals surface area contributed by atoms with Crippen molar-refractivity contribution in [3.8, 4) is 17.2 Å². The van der Waals surface area contributed by atoms with Crippen LogP contribution in [0.25, 0.3) is 0 Å². The van der Waals surface area contributed by atoms with Gasteiger partial charge in [-0.2, -0.15) is 0 Å². The molecule has 1 heterocycles. The maximum atomic E-state index is 13.2. The molecule has 1 aliphatic heterocycles. The van der Waals surface area contributed by atoms with Crippen molar-refractivity contribution in [1.82, 2.24) is 10.2 Å². The highest BCUT2D eigenvalue weighted by atomic mass is 16.5. The van der Waals surface area contributed by atoms with Gasteiger partial charge in [0, 0.05) is 43.8 Å². The van der Waals surface area contributed by atoms with E-state index in [-0.39, 0.29) is 17.7 Å². The lowest BCUT2D eigenvalue weighted by molar-refractivity contribution is -0.125. The first-order valence-corrected chi connectivity index (χ1v) is 10.4. The van der Waals surface area contributed by atoms with Crippen LogP contribution in [-0.2, 0) is 9.53 Å². The predicted molar refractivity (Wildman–Crippen MR) is 120 cm³/mol. The number of nitrogens with one attached hydrogen (secondary N) is 1. The summed E-state index contributed by atoms with van der Waals surface area (Å²) in [5.41, 5.74) is 1.38. The molecule has 1 fully saturated rings. The maximum Gasteiger partial charge on any atom is 0.253 e. The smallest absolute Gasteiger partial charge is 0.253 e. The quantitative estimate of drug-likeness (QED) is 0.600. The van der Waals surface area contributed by atoms with Crippen molar-refractivity contribution >= 4 is 11.8 Å². The van der Waals surface area contributed by atoms with Crippen LogP contribution in [0, 0.1) is 5.92 Å². The molecule has 8 heteroatoms. The molecule has 0 aromatic heterocycles. The van der Waals surface area contributed by atoms with E-state index in [1.165, 1.54) is 0 Å². The van der Waals surface area contributed by atoms with Gasteiger partial charge >= 0.3 is 0 Å². The van der Waals surface area contributed by atoms with Crippen molar-refractivity contribution < 1.29 is 28.5 Å². The fraction of sp³-hybridized carbons (Fsp3) is 0.417. The Morgan fingerprint density at radius 1 is 0.938 bits per heavy atom. The number of hydrogen-bond donors (Lipinski definition) is 1. The van der Waals surface area contributed by atoms with Crippen molar-refractivity contribution in [3.05, 3.63) is 53.6 Å². The lowest BCUT2D eigenvalue weighted by Crippen LogP contribution is -2.37. The minimum atomic E-state index is -0.435. The molecule has 1 aliphatic rings. The van der Waals surface area contributed by atoms with Crippen molar-refractivity contribution in [2.24, 2.45) is 5.92 Å². The minimum absolute atomic E-state index is 0.123. The maximum absolute atomic E-state index is 13.2. The molecule has 2 aromatic rings. The number of carbonyl (C=O) groups excluding carboxylic acids is 2. The van der Waals surface area contributed by atoms with Gasteiger partial charge in [-0.05, 0) is 42.5 Å². The summed E-state index contributed by atoms with van der Waals surface area (Å²) in [6.45, 7) is 1.51. The van der Waals surface area contributed by atoms with E-state index in [2.05, 4.69) is 5.32 Å². The van der Waals surface area contributed by atoms with Gasteiger partial charge in [-0.15, -0.1) is 0 Å². The fourth-order valence-corrected chi connectivity index (χ4v) is 4.00.